The molecule has 0 aliphatic rings. The molecular weight excluding hydrogens is 327 g/mol. The van der Waals surface area contributed by atoms with E-state index in [9.17, 15) is 9.18 Å². The van der Waals surface area contributed by atoms with Gasteiger partial charge in [0.1, 0.15) is 18.2 Å². The monoisotopic (exact) mass is 344 g/mol. The van der Waals surface area contributed by atoms with Gasteiger partial charge in [0.2, 0.25) is 0 Å². The minimum Gasteiger partial charge on any atom is -0.486 e. The fourth-order valence-corrected chi connectivity index (χ4v) is 2.35. The van der Waals surface area contributed by atoms with Gasteiger partial charge in [-0.15, -0.1) is 0 Å². The van der Waals surface area contributed by atoms with Gasteiger partial charge in [-0.2, -0.15) is 5.10 Å². The predicted molar refractivity (Wildman–Crippen MR) is 87.9 cm³/mol. The smallest absolute Gasteiger partial charge is 0.279 e. The fourth-order valence-electron chi connectivity index (χ4n) is 2.35. The average molecular weight is 344 g/mol. The van der Waals surface area contributed by atoms with E-state index in [1.165, 1.54) is 12.1 Å². The van der Waals surface area contributed by atoms with Gasteiger partial charge in [-0.1, -0.05) is 17.3 Å². The lowest BCUT2D eigenvalue weighted by Gasteiger charge is -2.08. The van der Waals surface area contributed by atoms with Gasteiger partial charge in [-0.3, -0.25) is 9.48 Å². The molecule has 2 aromatic heterocycles. The summed E-state index contributed by atoms with van der Waals surface area (Å²) in [6.07, 6.45) is 0. The number of rotatable bonds is 5. The van der Waals surface area contributed by atoms with E-state index >= 15 is 0 Å². The summed E-state index contributed by atoms with van der Waals surface area (Å²) in [6.45, 7) is 3.45. The minimum atomic E-state index is -0.479. The van der Waals surface area contributed by atoms with Crippen LogP contribution in [0.2, 0.25) is 0 Å². The van der Waals surface area contributed by atoms with E-state index in [-0.39, 0.29) is 18.1 Å². The van der Waals surface area contributed by atoms with Crippen molar-refractivity contribution in [3.63, 3.8) is 0 Å². The van der Waals surface area contributed by atoms with Crippen molar-refractivity contribution < 1.29 is 18.4 Å². The molecular formula is C17H17FN4O3. The van der Waals surface area contributed by atoms with Gasteiger partial charge in [-0.25, -0.2) is 4.39 Å². The number of nitrogens with zero attached hydrogens (tertiary/aromatic N) is 3. The zero-order valence-electron chi connectivity index (χ0n) is 14.0. The first kappa shape index (κ1) is 16.7. The number of aryl methyl sites for hydroxylation is 3. The largest absolute Gasteiger partial charge is 0.486 e. The molecule has 2 heterocycles. The summed E-state index contributed by atoms with van der Waals surface area (Å²) in [6, 6.07) is 7.78. The van der Waals surface area contributed by atoms with Gasteiger partial charge in [0.25, 0.3) is 5.91 Å². The van der Waals surface area contributed by atoms with Crippen LogP contribution >= 0.6 is 0 Å². The highest BCUT2D eigenvalue weighted by molar-refractivity contribution is 6.03. The number of nitrogens with one attached hydrogen (secondary N) is 1. The number of hydrogen-bond donors (Lipinski definition) is 1. The number of carbonyl (C=O) groups is 1. The highest BCUT2D eigenvalue weighted by Gasteiger charge is 2.21. The van der Waals surface area contributed by atoms with E-state index in [1.54, 1.807) is 36.9 Å². The maximum Gasteiger partial charge on any atom is 0.279 e. The maximum atomic E-state index is 13.7. The van der Waals surface area contributed by atoms with Crippen molar-refractivity contribution in [1.82, 2.24) is 14.9 Å². The van der Waals surface area contributed by atoms with Crippen molar-refractivity contribution in [1.29, 1.82) is 0 Å². The molecule has 1 aromatic carbocycles. The molecule has 0 unspecified atom stereocenters. The van der Waals surface area contributed by atoms with Crippen LogP contribution in [0, 0.1) is 19.7 Å². The summed E-state index contributed by atoms with van der Waals surface area (Å²) < 4.78 is 25.8. The van der Waals surface area contributed by atoms with Crippen molar-refractivity contribution >= 4 is 11.7 Å². The Balaban J connectivity index is 1.78. The number of aromatic nitrogens is 3. The van der Waals surface area contributed by atoms with Gasteiger partial charge in [0.15, 0.2) is 17.3 Å². The highest BCUT2D eigenvalue weighted by Crippen LogP contribution is 2.21. The van der Waals surface area contributed by atoms with E-state index in [4.69, 9.17) is 9.26 Å². The SMILES string of the molecule is Cc1cc(NC(=O)c2noc(C)c2COc2ccccc2F)n(C)n1. The molecule has 0 atom stereocenters. The Bertz CT molecular complexity index is 917. The summed E-state index contributed by atoms with van der Waals surface area (Å²) in [5.74, 6) is 0.128. The fraction of sp³-hybridized carbons (Fsp3) is 0.235. The zero-order valence-corrected chi connectivity index (χ0v) is 14.0. The van der Waals surface area contributed by atoms with Crippen molar-refractivity contribution in [2.24, 2.45) is 7.05 Å². The second-order valence-electron chi connectivity index (χ2n) is 5.53. The highest BCUT2D eigenvalue weighted by atomic mass is 19.1. The lowest BCUT2D eigenvalue weighted by Crippen LogP contribution is -2.17. The third kappa shape index (κ3) is 3.52. The lowest BCUT2D eigenvalue weighted by molar-refractivity contribution is 0.101. The average Bonchev–Trinajstić information content (AvgIpc) is 3.09. The number of ether oxygens (including phenoxy) is 1. The molecule has 3 aromatic rings. The summed E-state index contributed by atoms with van der Waals surface area (Å²) in [5, 5.41) is 10.7. The minimum absolute atomic E-state index is 0.0383. The molecule has 0 radical (unpaired) electrons. The van der Waals surface area contributed by atoms with E-state index < -0.39 is 11.7 Å². The topological polar surface area (TPSA) is 82.2 Å². The number of anilines is 1. The first-order chi connectivity index (χ1) is 12.0. The van der Waals surface area contributed by atoms with Gasteiger partial charge >= 0.3 is 0 Å². The number of benzene rings is 1. The molecule has 0 saturated carbocycles. The standard InChI is InChI=1S/C17H17FN4O3/c1-10-8-15(22(3)20-10)19-17(23)16-12(11(2)25-21-16)9-24-14-7-5-4-6-13(14)18/h4-8H,9H2,1-3H3,(H,19,23). The van der Waals surface area contributed by atoms with Crippen molar-refractivity contribution in [2.45, 2.75) is 20.5 Å². The van der Waals surface area contributed by atoms with Crippen LogP contribution in [0.5, 0.6) is 5.75 Å². The van der Waals surface area contributed by atoms with Crippen LogP contribution in [-0.2, 0) is 13.7 Å². The molecule has 0 saturated heterocycles. The normalized spacial score (nSPS) is 10.7. The van der Waals surface area contributed by atoms with Crippen LogP contribution in [0.15, 0.2) is 34.9 Å². The van der Waals surface area contributed by atoms with Gasteiger partial charge in [0, 0.05) is 13.1 Å². The van der Waals surface area contributed by atoms with Gasteiger partial charge in [-0.05, 0) is 26.0 Å². The van der Waals surface area contributed by atoms with Crippen LogP contribution in [0.4, 0.5) is 10.2 Å². The number of carbonyl (C=O) groups excluding carboxylic acids is 1. The number of amides is 1. The first-order valence-electron chi connectivity index (χ1n) is 7.60. The summed E-state index contributed by atoms with van der Waals surface area (Å²) in [5.41, 5.74) is 1.32. The third-order valence-electron chi connectivity index (χ3n) is 3.65. The first-order valence-corrected chi connectivity index (χ1v) is 7.60. The Hall–Kier alpha value is -3.16. The Morgan fingerprint density at radius 1 is 1.36 bits per heavy atom. The second-order valence-corrected chi connectivity index (χ2v) is 5.53. The molecule has 7 nitrogen and oxygen atoms in total. The Morgan fingerprint density at radius 2 is 2.12 bits per heavy atom. The predicted octanol–water partition coefficient (Wildman–Crippen LogP) is 3.00. The van der Waals surface area contributed by atoms with E-state index in [0.717, 1.165) is 5.69 Å². The molecule has 0 spiro atoms. The Kier molecular flexibility index (Phi) is 4.51. The summed E-state index contributed by atoms with van der Waals surface area (Å²) >= 11 is 0. The molecule has 130 valence electrons. The summed E-state index contributed by atoms with van der Waals surface area (Å²) in [7, 11) is 1.72. The van der Waals surface area contributed by atoms with Gasteiger partial charge in [0.05, 0.1) is 11.3 Å². The maximum absolute atomic E-state index is 13.7. The van der Waals surface area contributed by atoms with Crippen molar-refractivity contribution in [2.75, 3.05) is 5.32 Å². The van der Waals surface area contributed by atoms with Crippen molar-refractivity contribution in [3.8, 4) is 5.75 Å². The summed E-state index contributed by atoms with van der Waals surface area (Å²) in [4.78, 5) is 12.5. The molecule has 1 N–H and O–H groups in total. The van der Waals surface area contributed by atoms with Crippen LogP contribution in [0.3, 0.4) is 0 Å². The molecule has 25 heavy (non-hydrogen) atoms. The second kappa shape index (κ2) is 6.76. The third-order valence-corrected chi connectivity index (χ3v) is 3.65. The molecule has 0 fully saturated rings. The number of hydrogen-bond acceptors (Lipinski definition) is 5. The van der Waals surface area contributed by atoms with Crippen LogP contribution < -0.4 is 10.1 Å². The molecule has 8 heteroatoms. The molecule has 0 aliphatic heterocycles. The molecule has 0 aliphatic carbocycles. The number of para-hydroxylation sites is 1. The molecule has 3 rings (SSSR count). The number of halogens is 1. The van der Waals surface area contributed by atoms with E-state index in [2.05, 4.69) is 15.6 Å². The van der Waals surface area contributed by atoms with Crippen LogP contribution in [0.1, 0.15) is 27.5 Å². The Labute approximate surface area is 143 Å². The van der Waals surface area contributed by atoms with Gasteiger partial charge < -0.3 is 14.6 Å². The Morgan fingerprint density at radius 3 is 2.80 bits per heavy atom. The van der Waals surface area contributed by atoms with E-state index in [0.29, 0.717) is 17.1 Å². The van der Waals surface area contributed by atoms with E-state index in [1.807, 2.05) is 6.92 Å². The quantitative estimate of drug-likeness (QED) is 0.769. The van der Waals surface area contributed by atoms with Crippen LogP contribution in [-0.4, -0.2) is 20.8 Å². The van der Waals surface area contributed by atoms with Crippen LogP contribution in [0.25, 0.3) is 0 Å². The zero-order chi connectivity index (χ0) is 18.0. The molecule has 1 amide bonds. The van der Waals surface area contributed by atoms with Crippen molar-refractivity contribution in [3.05, 3.63) is 58.9 Å². The molecule has 0 bridgehead atoms. The lowest BCUT2D eigenvalue weighted by atomic mass is 10.2.